The van der Waals surface area contributed by atoms with Gasteiger partial charge in [-0.1, -0.05) is 47.5 Å². The number of hydrogen-bond donors (Lipinski definition) is 2. The number of anilines is 1. The van der Waals surface area contributed by atoms with Gasteiger partial charge >= 0.3 is 6.03 Å². The number of fused-ring (bicyclic) bond motifs is 1. The third-order valence-electron chi connectivity index (χ3n) is 5.09. The molecule has 0 atom stereocenters. The predicted octanol–water partition coefficient (Wildman–Crippen LogP) is 5.58. The number of amides is 2. The average molecular weight is 434 g/mol. The summed E-state index contributed by atoms with van der Waals surface area (Å²) in [6, 6.07) is 17.4. The molecule has 0 aliphatic heterocycles. The topological polar surface area (TPSA) is 71.8 Å². The zero-order chi connectivity index (χ0) is 21.8. The molecule has 2 aromatic carbocycles. The summed E-state index contributed by atoms with van der Waals surface area (Å²) in [6.45, 7) is 5.19. The second kappa shape index (κ2) is 9.18. The van der Waals surface area contributed by atoms with Crippen molar-refractivity contribution in [3.05, 3.63) is 76.9 Å². The van der Waals surface area contributed by atoms with E-state index in [0.29, 0.717) is 23.8 Å². The van der Waals surface area contributed by atoms with Crippen LogP contribution in [0.4, 0.5) is 10.5 Å². The molecule has 2 amide bonds. The van der Waals surface area contributed by atoms with Crippen LogP contribution in [0.15, 0.2) is 60.8 Å². The Balaban J connectivity index is 1.41. The minimum absolute atomic E-state index is 0.257. The number of nitrogens with zero attached hydrogens (tertiary/aromatic N) is 3. The molecular formula is C24H24ClN5O. The lowest BCUT2D eigenvalue weighted by atomic mass is 10.1. The first-order valence-electron chi connectivity index (χ1n) is 10.2. The molecule has 7 heteroatoms. The summed E-state index contributed by atoms with van der Waals surface area (Å²) in [5.74, 6) is 0.882. The molecule has 0 aliphatic rings. The summed E-state index contributed by atoms with van der Waals surface area (Å²) in [4.78, 5) is 21.5. The van der Waals surface area contributed by atoms with Gasteiger partial charge in [0.25, 0.3) is 0 Å². The average Bonchev–Trinajstić information content (AvgIpc) is 3.13. The van der Waals surface area contributed by atoms with Crippen LogP contribution in [0.1, 0.15) is 17.5 Å². The molecule has 4 aromatic rings. The first-order chi connectivity index (χ1) is 15.0. The third-order valence-corrected chi connectivity index (χ3v) is 5.49. The molecule has 0 fully saturated rings. The number of carbonyl (C=O) groups excluding carboxylic acids is 1. The lowest BCUT2D eigenvalue weighted by Crippen LogP contribution is -2.30. The van der Waals surface area contributed by atoms with Gasteiger partial charge in [-0.3, -0.25) is 0 Å². The number of imidazole rings is 1. The summed E-state index contributed by atoms with van der Waals surface area (Å²) in [5, 5.41) is 6.33. The monoisotopic (exact) mass is 433 g/mol. The highest BCUT2D eigenvalue weighted by molar-refractivity contribution is 6.31. The Labute approximate surface area is 186 Å². The van der Waals surface area contributed by atoms with Crippen molar-refractivity contribution in [1.29, 1.82) is 0 Å². The molecule has 0 saturated carbocycles. The van der Waals surface area contributed by atoms with Crippen LogP contribution in [0.25, 0.3) is 22.6 Å². The fourth-order valence-electron chi connectivity index (χ4n) is 3.38. The van der Waals surface area contributed by atoms with Crippen molar-refractivity contribution in [2.24, 2.45) is 0 Å². The van der Waals surface area contributed by atoms with Gasteiger partial charge in [0.15, 0.2) is 5.65 Å². The second-order valence-electron chi connectivity index (χ2n) is 7.50. The number of benzene rings is 2. The number of nitrogens with one attached hydrogen (secondary N) is 2. The summed E-state index contributed by atoms with van der Waals surface area (Å²) >= 11 is 6.12. The number of aromatic nitrogens is 3. The van der Waals surface area contributed by atoms with Gasteiger partial charge in [0, 0.05) is 35.6 Å². The number of urea groups is 1. The van der Waals surface area contributed by atoms with E-state index in [-0.39, 0.29) is 6.03 Å². The highest BCUT2D eigenvalue weighted by atomic mass is 35.5. The highest BCUT2D eigenvalue weighted by Gasteiger charge is 2.13. The van der Waals surface area contributed by atoms with E-state index in [1.807, 2.05) is 31.2 Å². The Kier molecular flexibility index (Phi) is 6.18. The largest absolute Gasteiger partial charge is 0.338 e. The zero-order valence-corrected chi connectivity index (χ0v) is 18.3. The molecule has 2 aromatic heterocycles. The van der Waals surface area contributed by atoms with Crippen LogP contribution >= 0.6 is 11.6 Å². The molecular weight excluding hydrogens is 410 g/mol. The Morgan fingerprint density at radius 3 is 2.68 bits per heavy atom. The number of carbonyl (C=O) groups is 1. The van der Waals surface area contributed by atoms with Crippen molar-refractivity contribution in [2.45, 2.75) is 26.8 Å². The van der Waals surface area contributed by atoms with Crippen molar-refractivity contribution in [3.63, 3.8) is 0 Å². The standard InChI is InChI=1S/C24H24ClN5O/c1-16-6-9-18(10-7-16)22-29-21-5-3-12-26-23(21)30(22)14-4-13-27-24(31)28-19-11-8-17(2)20(25)15-19/h3,5-12,15H,4,13-14H2,1-2H3,(H2,27,28,31). The molecule has 31 heavy (non-hydrogen) atoms. The molecule has 0 radical (unpaired) electrons. The van der Waals surface area contributed by atoms with Crippen LogP contribution in [-0.4, -0.2) is 27.1 Å². The fourth-order valence-corrected chi connectivity index (χ4v) is 3.56. The predicted molar refractivity (Wildman–Crippen MR) is 126 cm³/mol. The molecule has 2 N–H and O–H groups in total. The SMILES string of the molecule is Cc1ccc(-c2nc3cccnc3n2CCCNC(=O)Nc2ccc(C)c(Cl)c2)cc1. The number of rotatable bonds is 6. The summed E-state index contributed by atoms with van der Waals surface area (Å²) in [7, 11) is 0. The summed E-state index contributed by atoms with van der Waals surface area (Å²) < 4.78 is 2.11. The van der Waals surface area contributed by atoms with Crippen LogP contribution in [0.3, 0.4) is 0 Å². The van der Waals surface area contributed by atoms with Crippen LogP contribution in [0.2, 0.25) is 5.02 Å². The van der Waals surface area contributed by atoms with E-state index in [1.165, 1.54) is 5.56 Å². The van der Waals surface area contributed by atoms with Gasteiger partial charge in [-0.25, -0.2) is 14.8 Å². The normalized spacial score (nSPS) is 10.9. The van der Waals surface area contributed by atoms with Gasteiger partial charge in [-0.15, -0.1) is 0 Å². The maximum absolute atomic E-state index is 12.2. The van der Waals surface area contributed by atoms with Crippen LogP contribution in [-0.2, 0) is 6.54 Å². The quantitative estimate of drug-likeness (QED) is 0.390. The Bertz CT molecular complexity index is 1220. The second-order valence-corrected chi connectivity index (χ2v) is 7.90. The van der Waals surface area contributed by atoms with Gasteiger partial charge in [0.2, 0.25) is 0 Å². The smallest absolute Gasteiger partial charge is 0.319 e. The van der Waals surface area contributed by atoms with E-state index >= 15 is 0 Å². The maximum Gasteiger partial charge on any atom is 0.319 e. The number of hydrogen-bond acceptors (Lipinski definition) is 3. The van der Waals surface area contributed by atoms with E-state index in [2.05, 4.69) is 51.4 Å². The number of aryl methyl sites for hydroxylation is 3. The van der Waals surface area contributed by atoms with Gasteiger partial charge in [0.1, 0.15) is 11.3 Å². The van der Waals surface area contributed by atoms with Gasteiger partial charge < -0.3 is 15.2 Å². The third kappa shape index (κ3) is 4.86. The molecule has 2 heterocycles. The number of pyridine rings is 1. The van der Waals surface area contributed by atoms with Crippen molar-refractivity contribution in [3.8, 4) is 11.4 Å². The van der Waals surface area contributed by atoms with Crippen molar-refractivity contribution >= 4 is 34.5 Å². The van der Waals surface area contributed by atoms with E-state index in [4.69, 9.17) is 16.6 Å². The van der Waals surface area contributed by atoms with E-state index < -0.39 is 0 Å². The lowest BCUT2D eigenvalue weighted by molar-refractivity contribution is 0.252. The first kappa shape index (κ1) is 20.9. The Morgan fingerprint density at radius 2 is 1.90 bits per heavy atom. The minimum atomic E-state index is -0.257. The molecule has 6 nitrogen and oxygen atoms in total. The van der Waals surface area contributed by atoms with Crippen LogP contribution < -0.4 is 10.6 Å². The Hall–Kier alpha value is -3.38. The molecule has 4 rings (SSSR count). The Morgan fingerprint density at radius 1 is 1.10 bits per heavy atom. The molecule has 0 aliphatic carbocycles. The van der Waals surface area contributed by atoms with Crippen molar-refractivity contribution in [2.75, 3.05) is 11.9 Å². The molecule has 0 bridgehead atoms. The fraction of sp³-hybridized carbons (Fsp3) is 0.208. The maximum atomic E-state index is 12.2. The van der Waals surface area contributed by atoms with Gasteiger partial charge in [-0.05, 0) is 50.1 Å². The van der Waals surface area contributed by atoms with Crippen molar-refractivity contribution < 1.29 is 4.79 Å². The van der Waals surface area contributed by atoms with E-state index in [1.54, 1.807) is 12.3 Å². The summed E-state index contributed by atoms with van der Waals surface area (Å²) in [5.41, 5.74) is 5.59. The minimum Gasteiger partial charge on any atom is -0.338 e. The van der Waals surface area contributed by atoms with E-state index in [9.17, 15) is 4.79 Å². The molecule has 0 saturated heterocycles. The highest BCUT2D eigenvalue weighted by Crippen LogP contribution is 2.24. The van der Waals surface area contributed by atoms with Gasteiger partial charge in [-0.2, -0.15) is 0 Å². The first-order valence-corrected chi connectivity index (χ1v) is 10.6. The van der Waals surface area contributed by atoms with Crippen LogP contribution in [0, 0.1) is 13.8 Å². The molecule has 0 unspecified atom stereocenters. The molecule has 0 spiro atoms. The van der Waals surface area contributed by atoms with E-state index in [0.717, 1.165) is 34.5 Å². The van der Waals surface area contributed by atoms with Crippen molar-refractivity contribution in [1.82, 2.24) is 19.9 Å². The number of halogens is 1. The molecule has 158 valence electrons. The summed E-state index contributed by atoms with van der Waals surface area (Å²) in [6.07, 6.45) is 2.51. The zero-order valence-electron chi connectivity index (χ0n) is 17.5. The lowest BCUT2D eigenvalue weighted by Gasteiger charge is -2.11. The van der Waals surface area contributed by atoms with Crippen LogP contribution in [0.5, 0.6) is 0 Å². The van der Waals surface area contributed by atoms with Gasteiger partial charge in [0.05, 0.1) is 0 Å².